The fourth-order valence-corrected chi connectivity index (χ4v) is 3.29. The molecule has 1 aliphatic rings. The normalized spacial score (nSPS) is 16.3. The zero-order valence-corrected chi connectivity index (χ0v) is 15.6. The van der Waals surface area contributed by atoms with Crippen LogP contribution in [0.25, 0.3) is 16.5 Å². The van der Waals surface area contributed by atoms with Crippen LogP contribution in [0.1, 0.15) is 29.8 Å². The molecular formula is C22H16NO6-. The van der Waals surface area contributed by atoms with E-state index < -0.39 is 17.2 Å². The lowest BCUT2D eigenvalue weighted by Gasteiger charge is -2.32. The molecule has 0 amide bonds. The van der Waals surface area contributed by atoms with Crippen molar-refractivity contribution in [2.75, 3.05) is 5.32 Å². The number of ether oxygens (including phenoxy) is 1. The van der Waals surface area contributed by atoms with Gasteiger partial charge in [0.1, 0.15) is 11.3 Å². The largest absolute Gasteiger partial charge is 0.545 e. The number of rotatable bonds is 3. The molecule has 0 saturated heterocycles. The van der Waals surface area contributed by atoms with Gasteiger partial charge in [0.05, 0.1) is 17.1 Å². The molecule has 1 aromatic heterocycles. The Bertz CT molecular complexity index is 1250. The van der Waals surface area contributed by atoms with Gasteiger partial charge in [0.25, 0.3) is 0 Å². The molecule has 0 saturated carbocycles. The van der Waals surface area contributed by atoms with E-state index in [0.29, 0.717) is 16.7 Å². The van der Waals surface area contributed by atoms with Gasteiger partial charge in [-0.2, -0.15) is 0 Å². The minimum absolute atomic E-state index is 0.0483. The molecule has 0 aliphatic carbocycles. The van der Waals surface area contributed by atoms with E-state index in [1.165, 1.54) is 18.3 Å². The fourth-order valence-electron chi connectivity index (χ4n) is 3.29. The van der Waals surface area contributed by atoms with E-state index in [2.05, 4.69) is 5.32 Å². The molecule has 7 nitrogen and oxygen atoms in total. The monoisotopic (exact) mass is 390 g/mol. The van der Waals surface area contributed by atoms with Crippen LogP contribution in [0.5, 0.6) is 5.75 Å². The van der Waals surface area contributed by atoms with Gasteiger partial charge in [0, 0.05) is 28.9 Å². The standard InChI is InChI=1S/C22H17NO6/c1-22(2)20(25)14(11-23-15-6-4-3-5-13(15)21(26)27)18-16(29-22)9-7-12-8-10-17(24)28-19(12)18/h3-11,23H,1-2H3,(H,26,27)/p-1. The number of carbonyl (C=O) groups excluding carboxylic acids is 2. The number of hydrogen-bond acceptors (Lipinski definition) is 7. The Labute approximate surface area is 165 Å². The molecule has 146 valence electrons. The molecule has 0 unspecified atom stereocenters. The molecule has 2 aromatic carbocycles. The van der Waals surface area contributed by atoms with Gasteiger partial charge >= 0.3 is 5.63 Å². The van der Waals surface area contributed by atoms with E-state index in [9.17, 15) is 19.5 Å². The third-order valence-corrected chi connectivity index (χ3v) is 4.70. The quantitative estimate of drug-likeness (QED) is 0.540. The number of aromatic carboxylic acids is 1. The van der Waals surface area contributed by atoms with Crippen LogP contribution in [-0.4, -0.2) is 17.4 Å². The minimum Gasteiger partial charge on any atom is -0.545 e. The summed E-state index contributed by atoms with van der Waals surface area (Å²) < 4.78 is 11.2. The number of nitrogens with one attached hydrogen (secondary N) is 1. The molecular weight excluding hydrogens is 374 g/mol. The molecule has 3 aromatic rings. The number of carbonyl (C=O) groups is 2. The zero-order chi connectivity index (χ0) is 20.8. The summed E-state index contributed by atoms with van der Waals surface area (Å²) >= 11 is 0. The highest BCUT2D eigenvalue weighted by Crippen LogP contribution is 2.41. The van der Waals surface area contributed by atoms with Gasteiger partial charge < -0.3 is 24.4 Å². The highest BCUT2D eigenvalue weighted by atomic mass is 16.5. The van der Waals surface area contributed by atoms with Gasteiger partial charge in [-0.1, -0.05) is 18.2 Å². The summed E-state index contributed by atoms with van der Waals surface area (Å²) in [6.07, 6.45) is 1.40. The first-order chi connectivity index (χ1) is 13.8. The first-order valence-electron chi connectivity index (χ1n) is 8.86. The van der Waals surface area contributed by atoms with Gasteiger partial charge in [-0.15, -0.1) is 0 Å². The van der Waals surface area contributed by atoms with Crippen molar-refractivity contribution in [3.63, 3.8) is 0 Å². The summed E-state index contributed by atoms with van der Waals surface area (Å²) in [5, 5.41) is 14.8. The SMILES string of the molecule is CC1(C)Oc2ccc3ccc(=O)oc3c2C(=CNc2ccccc2C(=O)[O-])C1=O. The second-order valence-corrected chi connectivity index (χ2v) is 7.09. The number of anilines is 1. The Morgan fingerprint density at radius 3 is 2.55 bits per heavy atom. The topological polar surface area (TPSA) is 109 Å². The van der Waals surface area contributed by atoms with Crippen LogP contribution in [0.3, 0.4) is 0 Å². The average Bonchev–Trinajstić information content (AvgIpc) is 2.68. The molecule has 0 fully saturated rings. The lowest BCUT2D eigenvalue weighted by atomic mass is 9.87. The van der Waals surface area contributed by atoms with Gasteiger partial charge in [-0.05, 0) is 38.1 Å². The maximum absolute atomic E-state index is 13.1. The Balaban J connectivity index is 1.92. The van der Waals surface area contributed by atoms with E-state index >= 15 is 0 Å². The van der Waals surface area contributed by atoms with E-state index in [-0.39, 0.29) is 28.2 Å². The molecule has 0 spiro atoms. The lowest BCUT2D eigenvalue weighted by molar-refractivity contribution is -0.254. The fraction of sp³-hybridized carbons (Fsp3) is 0.136. The Morgan fingerprint density at radius 2 is 1.79 bits per heavy atom. The third kappa shape index (κ3) is 3.16. The van der Waals surface area contributed by atoms with E-state index in [4.69, 9.17) is 9.15 Å². The number of para-hydroxylation sites is 1. The summed E-state index contributed by atoms with van der Waals surface area (Å²) in [4.78, 5) is 36.2. The second kappa shape index (κ2) is 6.63. The Morgan fingerprint density at radius 1 is 1.07 bits per heavy atom. The number of hydrogen-bond donors (Lipinski definition) is 1. The summed E-state index contributed by atoms with van der Waals surface area (Å²) in [6.45, 7) is 3.26. The predicted molar refractivity (Wildman–Crippen MR) is 105 cm³/mol. The summed E-state index contributed by atoms with van der Waals surface area (Å²) in [5.41, 5.74) is -0.727. The highest BCUT2D eigenvalue weighted by Gasteiger charge is 2.40. The van der Waals surface area contributed by atoms with Crippen LogP contribution in [0, 0.1) is 0 Å². The first-order valence-corrected chi connectivity index (χ1v) is 8.86. The van der Waals surface area contributed by atoms with Crippen LogP contribution in [0.2, 0.25) is 0 Å². The van der Waals surface area contributed by atoms with Crippen molar-refractivity contribution >= 4 is 34.0 Å². The van der Waals surface area contributed by atoms with Crippen molar-refractivity contribution in [1.82, 2.24) is 0 Å². The van der Waals surface area contributed by atoms with E-state index in [1.54, 1.807) is 50.2 Å². The van der Waals surface area contributed by atoms with Crippen LogP contribution < -0.4 is 20.8 Å². The molecule has 1 aliphatic heterocycles. The summed E-state index contributed by atoms with van der Waals surface area (Å²) in [6, 6.07) is 12.5. The number of ketones is 1. The molecule has 0 bridgehead atoms. The molecule has 1 N–H and O–H groups in total. The van der Waals surface area contributed by atoms with Crippen molar-refractivity contribution in [1.29, 1.82) is 0 Å². The molecule has 7 heteroatoms. The molecule has 4 rings (SSSR count). The first kappa shape index (κ1) is 18.5. The minimum atomic E-state index is -1.35. The summed E-state index contributed by atoms with van der Waals surface area (Å²) in [5.74, 6) is -1.30. The maximum Gasteiger partial charge on any atom is 0.336 e. The van der Waals surface area contributed by atoms with Crippen molar-refractivity contribution in [2.45, 2.75) is 19.4 Å². The molecule has 29 heavy (non-hydrogen) atoms. The molecule has 0 atom stereocenters. The van der Waals surface area contributed by atoms with Crippen LogP contribution >= 0.6 is 0 Å². The number of carboxylic acid groups (broad SMARTS) is 1. The third-order valence-electron chi connectivity index (χ3n) is 4.70. The van der Waals surface area contributed by atoms with Gasteiger partial charge in [0.15, 0.2) is 5.60 Å². The van der Waals surface area contributed by atoms with E-state index in [1.807, 2.05) is 0 Å². The van der Waals surface area contributed by atoms with Crippen LogP contribution in [0.15, 0.2) is 63.9 Å². The predicted octanol–water partition coefficient (Wildman–Crippen LogP) is 2.35. The Hall–Kier alpha value is -3.87. The van der Waals surface area contributed by atoms with Crippen LogP contribution in [-0.2, 0) is 4.79 Å². The smallest absolute Gasteiger partial charge is 0.336 e. The van der Waals surface area contributed by atoms with Gasteiger partial charge in [-0.3, -0.25) is 4.79 Å². The number of carboxylic acids is 1. The second-order valence-electron chi connectivity index (χ2n) is 7.09. The van der Waals surface area contributed by atoms with Crippen LogP contribution in [0.4, 0.5) is 5.69 Å². The lowest BCUT2D eigenvalue weighted by Crippen LogP contribution is -2.42. The summed E-state index contributed by atoms with van der Waals surface area (Å²) in [7, 11) is 0. The zero-order valence-electron chi connectivity index (χ0n) is 15.6. The van der Waals surface area contributed by atoms with Crippen molar-refractivity contribution in [2.24, 2.45) is 0 Å². The number of Topliss-reactive ketones (excluding diaryl/α,β-unsaturated/α-hetero) is 1. The van der Waals surface area contributed by atoms with E-state index in [0.717, 1.165) is 0 Å². The van der Waals surface area contributed by atoms with Crippen molar-refractivity contribution in [3.05, 3.63) is 76.3 Å². The van der Waals surface area contributed by atoms with Crippen molar-refractivity contribution < 1.29 is 23.8 Å². The molecule has 0 radical (unpaired) electrons. The molecule has 2 heterocycles. The number of fused-ring (bicyclic) bond motifs is 3. The number of benzene rings is 2. The van der Waals surface area contributed by atoms with Gasteiger partial charge in [-0.25, -0.2) is 4.79 Å². The Kier molecular flexibility index (Phi) is 4.23. The highest BCUT2D eigenvalue weighted by molar-refractivity contribution is 6.28. The average molecular weight is 390 g/mol. The van der Waals surface area contributed by atoms with Crippen molar-refractivity contribution in [3.8, 4) is 5.75 Å². The maximum atomic E-state index is 13.1. The van der Waals surface area contributed by atoms with Gasteiger partial charge in [0.2, 0.25) is 5.78 Å².